The minimum atomic E-state index is -0.156. The Balaban J connectivity index is 0.000000531. The van der Waals surface area contributed by atoms with E-state index >= 15 is 0 Å². The average molecular weight is 245 g/mol. The minimum absolute atomic E-state index is 0.151. The number of aromatic amines is 1. The summed E-state index contributed by atoms with van der Waals surface area (Å²) in [6, 6.07) is 0. The van der Waals surface area contributed by atoms with Crippen LogP contribution in [0.15, 0.2) is 4.79 Å². The molecule has 2 heterocycles. The number of H-pyrrole nitrogens is 1. The second-order valence-electron chi connectivity index (χ2n) is 2.82. The summed E-state index contributed by atoms with van der Waals surface area (Å²) in [4.78, 5) is 19.0. The number of halogens is 1. The van der Waals surface area contributed by atoms with Crippen molar-refractivity contribution in [2.75, 3.05) is 0 Å². The molecule has 0 aliphatic carbocycles. The summed E-state index contributed by atoms with van der Waals surface area (Å²) >= 11 is 7.09. The molecule has 0 saturated carbocycles. The highest BCUT2D eigenvalue weighted by atomic mass is 35.5. The molecule has 0 aliphatic rings. The Kier molecular flexibility index (Phi) is 3.88. The lowest BCUT2D eigenvalue weighted by Gasteiger charge is -1.91. The van der Waals surface area contributed by atoms with Crippen LogP contribution in [0.1, 0.15) is 24.3 Å². The highest BCUT2D eigenvalue weighted by molar-refractivity contribution is 7.19. The van der Waals surface area contributed by atoms with E-state index in [1.165, 1.54) is 11.3 Å². The third kappa shape index (κ3) is 2.21. The number of aromatic nitrogens is 2. The molecule has 0 bridgehead atoms. The summed E-state index contributed by atoms with van der Waals surface area (Å²) in [6.45, 7) is 7.91. The van der Waals surface area contributed by atoms with E-state index in [2.05, 4.69) is 9.97 Å². The third-order valence-electron chi connectivity index (χ3n) is 1.99. The standard InChI is InChI=1S/C8H7ClN2OS.C2H6/c1-3-4(2)13-6-5(3)10-8(9)11-7(6)12;1-2/h1-2H3,(H,10,11,12);1-2H3. The minimum Gasteiger partial charge on any atom is -0.296 e. The first-order valence-electron chi connectivity index (χ1n) is 4.75. The average Bonchev–Trinajstić information content (AvgIpc) is 2.49. The predicted molar refractivity (Wildman–Crippen MR) is 66.1 cm³/mol. The van der Waals surface area contributed by atoms with E-state index < -0.39 is 0 Å². The van der Waals surface area contributed by atoms with E-state index in [0.29, 0.717) is 4.70 Å². The number of fused-ring (bicyclic) bond motifs is 1. The summed E-state index contributed by atoms with van der Waals surface area (Å²) in [5, 5.41) is 0.151. The van der Waals surface area contributed by atoms with Gasteiger partial charge in [0.15, 0.2) is 0 Å². The molecule has 0 aliphatic heterocycles. The Morgan fingerprint density at radius 1 is 1.33 bits per heavy atom. The number of aryl methyl sites for hydroxylation is 2. The van der Waals surface area contributed by atoms with Gasteiger partial charge in [-0.3, -0.25) is 9.78 Å². The lowest BCUT2D eigenvalue weighted by atomic mass is 10.2. The molecule has 0 saturated heterocycles. The van der Waals surface area contributed by atoms with Gasteiger partial charge < -0.3 is 0 Å². The van der Waals surface area contributed by atoms with Gasteiger partial charge in [-0.1, -0.05) is 13.8 Å². The van der Waals surface area contributed by atoms with Crippen LogP contribution in [0.3, 0.4) is 0 Å². The van der Waals surface area contributed by atoms with Crippen molar-refractivity contribution in [2.45, 2.75) is 27.7 Å². The maximum atomic E-state index is 11.4. The maximum Gasteiger partial charge on any atom is 0.269 e. The largest absolute Gasteiger partial charge is 0.296 e. The van der Waals surface area contributed by atoms with Crippen LogP contribution in [0.25, 0.3) is 10.2 Å². The summed E-state index contributed by atoms with van der Waals surface area (Å²) in [5.74, 6) is 0. The Bertz CT molecular complexity index is 530. The molecule has 0 unspecified atom stereocenters. The van der Waals surface area contributed by atoms with Crippen molar-refractivity contribution in [1.82, 2.24) is 9.97 Å². The Morgan fingerprint density at radius 3 is 2.53 bits per heavy atom. The van der Waals surface area contributed by atoms with E-state index in [1.54, 1.807) is 0 Å². The molecule has 0 fully saturated rings. The quantitative estimate of drug-likeness (QED) is 0.723. The van der Waals surface area contributed by atoms with Gasteiger partial charge in [-0.25, -0.2) is 4.98 Å². The number of thiophene rings is 1. The van der Waals surface area contributed by atoms with E-state index in [-0.39, 0.29) is 10.8 Å². The molecule has 5 heteroatoms. The monoisotopic (exact) mass is 244 g/mol. The van der Waals surface area contributed by atoms with Gasteiger partial charge in [-0.2, -0.15) is 0 Å². The SMILES string of the molecule is CC.Cc1sc2c(=O)[nH]c(Cl)nc2c1C. The molecule has 2 aromatic rings. The predicted octanol–water partition coefficient (Wildman–Crippen LogP) is 3.28. The van der Waals surface area contributed by atoms with Gasteiger partial charge in [0.05, 0.1) is 5.52 Å². The summed E-state index contributed by atoms with van der Waals surface area (Å²) < 4.78 is 0.652. The zero-order chi connectivity index (χ0) is 11.6. The van der Waals surface area contributed by atoms with Gasteiger partial charge in [0.2, 0.25) is 5.28 Å². The second kappa shape index (κ2) is 4.77. The van der Waals surface area contributed by atoms with E-state index in [1.807, 2.05) is 27.7 Å². The van der Waals surface area contributed by atoms with E-state index in [9.17, 15) is 4.79 Å². The molecular weight excluding hydrogens is 232 g/mol. The summed E-state index contributed by atoms with van der Waals surface area (Å²) in [5.41, 5.74) is 1.60. The summed E-state index contributed by atoms with van der Waals surface area (Å²) in [6.07, 6.45) is 0. The number of hydrogen-bond donors (Lipinski definition) is 1. The van der Waals surface area contributed by atoms with E-state index in [0.717, 1.165) is 16.0 Å². The fourth-order valence-electron chi connectivity index (χ4n) is 1.18. The molecular formula is C10H13ClN2OS. The number of nitrogens with zero attached hydrogens (tertiary/aromatic N) is 1. The molecule has 3 nitrogen and oxygen atoms in total. The van der Waals surface area contributed by atoms with Crippen molar-refractivity contribution in [1.29, 1.82) is 0 Å². The summed E-state index contributed by atoms with van der Waals surface area (Å²) in [7, 11) is 0. The topological polar surface area (TPSA) is 45.8 Å². The number of nitrogens with one attached hydrogen (secondary N) is 1. The molecule has 0 amide bonds. The van der Waals surface area contributed by atoms with Crippen LogP contribution < -0.4 is 5.56 Å². The van der Waals surface area contributed by atoms with Crippen LogP contribution >= 0.6 is 22.9 Å². The van der Waals surface area contributed by atoms with Crippen LogP contribution in [0.5, 0.6) is 0 Å². The number of rotatable bonds is 0. The third-order valence-corrected chi connectivity index (χ3v) is 3.36. The Morgan fingerprint density at radius 2 is 1.93 bits per heavy atom. The maximum absolute atomic E-state index is 11.4. The molecule has 0 spiro atoms. The Labute approximate surface area is 97.1 Å². The fourth-order valence-corrected chi connectivity index (χ4v) is 2.35. The first-order valence-corrected chi connectivity index (χ1v) is 5.94. The van der Waals surface area contributed by atoms with Crippen molar-refractivity contribution in [2.24, 2.45) is 0 Å². The molecule has 2 rings (SSSR count). The fraction of sp³-hybridized carbons (Fsp3) is 0.400. The van der Waals surface area contributed by atoms with Crippen molar-refractivity contribution >= 4 is 33.2 Å². The lowest BCUT2D eigenvalue weighted by molar-refractivity contribution is 1.17. The van der Waals surface area contributed by atoms with Crippen LogP contribution in [0.2, 0.25) is 5.28 Å². The van der Waals surface area contributed by atoms with Crippen molar-refractivity contribution in [3.05, 3.63) is 26.1 Å². The Hall–Kier alpha value is -0.870. The smallest absolute Gasteiger partial charge is 0.269 e. The van der Waals surface area contributed by atoms with Gasteiger partial charge in [0.25, 0.3) is 5.56 Å². The molecule has 1 N–H and O–H groups in total. The van der Waals surface area contributed by atoms with Crippen LogP contribution in [0, 0.1) is 13.8 Å². The molecule has 0 atom stereocenters. The normalized spacial score (nSPS) is 9.93. The first kappa shape index (κ1) is 12.2. The van der Waals surface area contributed by atoms with Crippen molar-refractivity contribution in [3.63, 3.8) is 0 Å². The van der Waals surface area contributed by atoms with Gasteiger partial charge in [0.1, 0.15) is 4.70 Å². The molecule has 2 aromatic heterocycles. The molecule has 82 valence electrons. The van der Waals surface area contributed by atoms with Crippen molar-refractivity contribution < 1.29 is 0 Å². The van der Waals surface area contributed by atoms with Crippen molar-refractivity contribution in [3.8, 4) is 0 Å². The van der Waals surface area contributed by atoms with Gasteiger partial charge in [-0.05, 0) is 31.0 Å². The molecule has 0 radical (unpaired) electrons. The van der Waals surface area contributed by atoms with Crippen LogP contribution in [-0.2, 0) is 0 Å². The second-order valence-corrected chi connectivity index (χ2v) is 4.40. The zero-order valence-electron chi connectivity index (χ0n) is 9.14. The zero-order valence-corrected chi connectivity index (χ0v) is 10.7. The van der Waals surface area contributed by atoms with E-state index in [4.69, 9.17) is 11.6 Å². The molecule has 15 heavy (non-hydrogen) atoms. The lowest BCUT2D eigenvalue weighted by Crippen LogP contribution is -2.05. The highest BCUT2D eigenvalue weighted by Gasteiger charge is 2.10. The van der Waals surface area contributed by atoms with Crippen LogP contribution in [-0.4, -0.2) is 9.97 Å². The highest BCUT2D eigenvalue weighted by Crippen LogP contribution is 2.25. The van der Waals surface area contributed by atoms with Gasteiger partial charge in [0, 0.05) is 4.88 Å². The molecule has 0 aromatic carbocycles. The van der Waals surface area contributed by atoms with Gasteiger partial charge in [-0.15, -0.1) is 11.3 Å². The number of hydrogen-bond acceptors (Lipinski definition) is 3. The van der Waals surface area contributed by atoms with Gasteiger partial charge >= 0.3 is 0 Å². The first-order chi connectivity index (χ1) is 7.09. The van der Waals surface area contributed by atoms with Crippen LogP contribution in [0.4, 0.5) is 0 Å².